The maximum Gasteiger partial charge on any atom is 0.259 e. The van der Waals surface area contributed by atoms with Crippen LogP contribution in [0.15, 0.2) is 48.5 Å². The quantitative estimate of drug-likeness (QED) is 0.772. The minimum atomic E-state index is -0.148. The smallest absolute Gasteiger partial charge is 0.259 e. The van der Waals surface area contributed by atoms with Gasteiger partial charge >= 0.3 is 0 Å². The molecule has 1 aliphatic heterocycles. The van der Waals surface area contributed by atoms with E-state index in [1.807, 2.05) is 55.9 Å². The van der Waals surface area contributed by atoms with Crippen LogP contribution in [0.25, 0.3) is 0 Å². The molecule has 1 N–H and O–H groups in total. The molecule has 4 nitrogen and oxygen atoms in total. The summed E-state index contributed by atoms with van der Waals surface area (Å²) in [5.41, 5.74) is 2.66. The Bertz CT molecular complexity index is 740. The van der Waals surface area contributed by atoms with Crippen molar-refractivity contribution in [2.45, 2.75) is 26.4 Å². The molecule has 0 aromatic heterocycles. The average Bonchev–Trinajstić information content (AvgIpc) is 2.68. The van der Waals surface area contributed by atoms with Gasteiger partial charge in [0.05, 0.1) is 11.7 Å². The summed E-state index contributed by atoms with van der Waals surface area (Å²) in [7, 11) is 0. The molecule has 0 spiro atoms. The lowest BCUT2D eigenvalue weighted by Gasteiger charge is -2.26. The van der Waals surface area contributed by atoms with Crippen LogP contribution >= 0.6 is 11.8 Å². The third kappa shape index (κ3) is 6.01. The first kappa shape index (κ1) is 19.8. The fourth-order valence-electron chi connectivity index (χ4n) is 3.08. The number of benzene rings is 2. The molecule has 1 saturated heterocycles. The number of carbonyl (C=O) groups excluding carboxylic acids is 1. The third-order valence-electron chi connectivity index (χ3n) is 4.53. The molecule has 27 heavy (non-hydrogen) atoms. The lowest BCUT2D eigenvalue weighted by molar-refractivity contribution is 0.102. The van der Waals surface area contributed by atoms with Gasteiger partial charge in [-0.05, 0) is 50.1 Å². The van der Waals surface area contributed by atoms with Crippen molar-refractivity contribution in [3.63, 3.8) is 0 Å². The maximum atomic E-state index is 12.6. The topological polar surface area (TPSA) is 41.6 Å². The zero-order valence-corrected chi connectivity index (χ0v) is 16.9. The van der Waals surface area contributed by atoms with E-state index in [9.17, 15) is 4.79 Å². The van der Waals surface area contributed by atoms with Crippen LogP contribution in [0.2, 0.25) is 0 Å². The Hall–Kier alpha value is -1.98. The molecule has 0 aliphatic carbocycles. The molecule has 0 atom stereocenters. The molecule has 2 aromatic rings. The Morgan fingerprint density at radius 2 is 1.81 bits per heavy atom. The number of carbonyl (C=O) groups is 1. The highest BCUT2D eigenvalue weighted by Crippen LogP contribution is 2.21. The number of rotatable bonds is 7. The molecule has 5 heteroatoms. The Labute approximate surface area is 166 Å². The summed E-state index contributed by atoms with van der Waals surface area (Å²) >= 11 is 2.04. The Morgan fingerprint density at radius 1 is 1.11 bits per heavy atom. The van der Waals surface area contributed by atoms with E-state index in [0.29, 0.717) is 11.3 Å². The lowest BCUT2D eigenvalue weighted by atomic mass is 10.1. The summed E-state index contributed by atoms with van der Waals surface area (Å²) in [6.07, 6.45) is 1.07. The van der Waals surface area contributed by atoms with Crippen LogP contribution in [0.5, 0.6) is 5.75 Å². The van der Waals surface area contributed by atoms with Gasteiger partial charge in [-0.15, -0.1) is 0 Å². The monoisotopic (exact) mass is 384 g/mol. The Kier molecular flexibility index (Phi) is 7.18. The second-order valence-electron chi connectivity index (χ2n) is 7.02. The van der Waals surface area contributed by atoms with Gasteiger partial charge in [-0.25, -0.2) is 0 Å². The number of thioether (sulfide) groups is 1. The van der Waals surface area contributed by atoms with E-state index < -0.39 is 0 Å². The van der Waals surface area contributed by atoms with Gasteiger partial charge in [0.15, 0.2) is 0 Å². The van der Waals surface area contributed by atoms with Gasteiger partial charge in [0.2, 0.25) is 0 Å². The number of ether oxygens (including phenoxy) is 1. The van der Waals surface area contributed by atoms with Crippen LogP contribution in [0.1, 0.15) is 29.8 Å². The van der Waals surface area contributed by atoms with Gasteiger partial charge < -0.3 is 15.0 Å². The van der Waals surface area contributed by atoms with Crippen LogP contribution in [-0.2, 0) is 6.42 Å². The summed E-state index contributed by atoms with van der Waals surface area (Å²) in [4.78, 5) is 15.2. The van der Waals surface area contributed by atoms with Crippen molar-refractivity contribution in [3.05, 3.63) is 59.7 Å². The van der Waals surface area contributed by atoms with E-state index in [1.165, 1.54) is 30.2 Å². The molecule has 0 unspecified atom stereocenters. The minimum absolute atomic E-state index is 0.0248. The van der Waals surface area contributed by atoms with E-state index in [0.717, 1.165) is 18.7 Å². The number of para-hydroxylation sites is 1. The molecule has 1 amide bonds. The predicted molar refractivity (Wildman–Crippen MR) is 114 cm³/mol. The summed E-state index contributed by atoms with van der Waals surface area (Å²) in [6.45, 7) is 7.39. The summed E-state index contributed by atoms with van der Waals surface area (Å²) < 4.78 is 5.75. The average molecular weight is 385 g/mol. The molecular weight excluding hydrogens is 356 g/mol. The molecule has 3 rings (SSSR count). The van der Waals surface area contributed by atoms with E-state index >= 15 is 0 Å². The van der Waals surface area contributed by atoms with Crippen molar-refractivity contribution in [2.75, 3.05) is 36.5 Å². The zero-order valence-electron chi connectivity index (χ0n) is 16.1. The largest absolute Gasteiger partial charge is 0.490 e. The van der Waals surface area contributed by atoms with Crippen molar-refractivity contribution in [1.29, 1.82) is 0 Å². The highest BCUT2D eigenvalue weighted by Gasteiger charge is 2.14. The standard InChI is InChI=1S/C22H28N2O2S/c1-17(2)26-21-6-4-3-5-20(21)22(25)23-19-9-7-18(8-10-19)11-12-24-13-15-27-16-14-24/h3-10,17H,11-16H2,1-2H3,(H,23,25). The van der Waals surface area contributed by atoms with E-state index in [-0.39, 0.29) is 12.0 Å². The van der Waals surface area contributed by atoms with Gasteiger partial charge in [0, 0.05) is 36.8 Å². The molecule has 0 radical (unpaired) electrons. The third-order valence-corrected chi connectivity index (χ3v) is 5.47. The normalized spacial score (nSPS) is 14.9. The van der Waals surface area contributed by atoms with E-state index in [2.05, 4.69) is 22.3 Å². The predicted octanol–water partition coefficient (Wildman–Crippen LogP) is 4.32. The first-order valence-electron chi connectivity index (χ1n) is 9.58. The van der Waals surface area contributed by atoms with Crippen molar-refractivity contribution >= 4 is 23.4 Å². The number of nitrogens with zero attached hydrogens (tertiary/aromatic N) is 1. The minimum Gasteiger partial charge on any atom is -0.490 e. The fraction of sp³-hybridized carbons (Fsp3) is 0.409. The summed E-state index contributed by atoms with van der Waals surface area (Å²) in [5.74, 6) is 2.95. The van der Waals surface area contributed by atoms with Gasteiger partial charge in [0.1, 0.15) is 5.75 Å². The molecule has 1 heterocycles. The van der Waals surface area contributed by atoms with Crippen LogP contribution in [0.3, 0.4) is 0 Å². The van der Waals surface area contributed by atoms with Crippen molar-refractivity contribution < 1.29 is 9.53 Å². The lowest BCUT2D eigenvalue weighted by Crippen LogP contribution is -2.34. The number of hydrogen-bond donors (Lipinski definition) is 1. The van der Waals surface area contributed by atoms with Crippen LogP contribution in [-0.4, -0.2) is 48.1 Å². The Balaban J connectivity index is 1.57. The molecule has 0 bridgehead atoms. The Morgan fingerprint density at radius 3 is 2.52 bits per heavy atom. The maximum absolute atomic E-state index is 12.6. The first-order valence-corrected chi connectivity index (χ1v) is 10.7. The molecule has 144 valence electrons. The van der Waals surface area contributed by atoms with Gasteiger partial charge in [-0.1, -0.05) is 24.3 Å². The first-order chi connectivity index (χ1) is 13.1. The van der Waals surface area contributed by atoms with Crippen LogP contribution < -0.4 is 10.1 Å². The molecule has 0 saturated carbocycles. The number of hydrogen-bond acceptors (Lipinski definition) is 4. The molecular formula is C22H28N2O2S. The number of anilines is 1. The number of nitrogens with one attached hydrogen (secondary N) is 1. The van der Waals surface area contributed by atoms with Gasteiger partial charge in [-0.3, -0.25) is 4.79 Å². The molecule has 1 fully saturated rings. The molecule has 2 aromatic carbocycles. The van der Waals surface area contributed by atoms with Gasteiger partial charge in [0.25, 0.3) is 5.91 Å². The second-order valence-corrected chi connectivity index (χ2v) is 8.24. The summed E-state index contributed by atoms with van der Waals surface area (Å²) in [5, 5.41) is 2.97. The van der Waals surface area contributed by atoms with Crippen LogP contribution in [0, 0.1) is 0 Å². The zero-order chi connectivity index (χ0) is 19.1. The highest BCUT2D eigenvalue weighted by molar-refractivity contribution is 7.99. The van der Waals surface area contributed by atoms with E-state index in [1.54, 1.807) is 6.07 Å². The summed E-state index contributed by atoms with van der Waals surface area (Å²) in [6, 6.07) is 15.5. The van der Waals surface area contributed by atoms with Gasteiger partial charge in [-0.2, -0.15) is 11.8 Å². The van der Waals surface area contributed by atoms with Crippen LogP contribution in [0.4, 0.5) is 5.69 Å². The van der Waals surface area contributed by atoms with Crippen molar-refractivity contribution in [1.82, 2.24) is 4.90 Å². The van der Waals surface area contributed by atoms with Crippen molar-refractivity contribution in [3.8, 4) is 5.75 Å². The number of amides is 1. The fourth-order valence-corrected chi connectivity index (χ4v) is 4.05. The molecule has 1 aliphatic rings. The van der Waals surface area contributed by atoms with E-state index in [4.69, 9.17) is 4.74 Å². The highest BCUT2D eigenvalue weighted by atomic mass is 32.2. The second kappa shape index (κ2) is 9.81. The SMILES string of the molecule is CC(C)Oc1ccccc1C(=O)Nc1ccc(CCN2CCSCC2)cc1. The van der Waals surface area contributed by atoms with Crippen molar-refractivity contribution in [2.24, 2.45) is 0 Å².